The molecule has 1 aromatic carbocycles. The molecule has 19 heavy (non-hydrogen) atoms. The van der Waals surface area contributed by atoms with Crippen LogP contribution in [0.1, 0.15) is 35.5 Å². The van der Waals surface area contributed by atoms with Gasteiger partial charge in [-0.1, -0.05) is 12.1 Å². The van der Waals surface area contributed by atoms with E-state index in [1.807, 2.05) is 49.8 Å². The highest BCUT2D eigenvalue weighted by Gasteiger charge is 2.10. The number of hydrogen-bond acceptors (Lipinski definition) is 3. The smallest absolute Gasteiger partial charge is 0.130 e. The Morgan fingerprint density at radius 1 is 1.32 bits per heavy atom. The molecule has 0 amide bonds. The maximum absolute atomic E-state index is 9.75. The van der Waals surface area contributed by atoms with Crippen molar-refractivity contribution >= 4 is 0 Å². The number of ether oxygens (including phenoxy) is 1. The van der Waals surface area contributed by atoms with E-state index >= 15 is 0 Å². The van der Waals surface area contributed by atoms with Crippen molar-refractivity contribution < 1.29 is 9.84 Å². The van der Waals surface area contributed by atoms with Crippen molar-refractivity contribution in [2.24, 2.45) is 7.05 Å². The molecule has 1 N–H and O–H groups in total. The van der Waals surface area contributed by atoms with E-state index in [2.05, 4.69) is 5.10 Å². The zero-order valence-electron chi connectivity index (χ0n) is 11.8. The lowest BCUT2D eigenvalue weighted by Gasteiger charge is -2.14. The first-order valence-corrected chi connectivity index (χ1v) is 6.38. The van der Waals surface area contributed by atoms with Crippen LogP contribution in [0.25, 0.3) is 0 Å². The van der Waals surface area contributed by atoms with Crippen molar-refractivity contribution in [2.45, 2.75) is 33.5 Å². The molecule has 0 aliphatic rings. The molecule has 0 unspecified atom stereocenters. The Morgan fingerprint density at radius 2 is 2.05 bits per heavy atom. The Bertz CT molecular complexity index is 574. The fraction of sp³-hybridized carbons (Fsp3) is 0.400. The Balaban J connectivity index is 2.19. The van der Waals surface area contributed by atoms with E-state index in [-0.39, 0.29) is 0 Å². The molecule has 1 heterocycles. The third-order valence-corrected chi connectivity index (χ3v) is 3.09. The largest absolute Gasteiger partial charge is 0.487 e. The minimum atomic E-state index is -0.538. The summed E-state index contributed by atoms with van der Waals surface area (Å²) in [6, 6.07) is 7.83. The summed E-state index contributed by atoms with van der Waals surface area (Å²) in [4.78, 5) is 0. The molecule has 102 valence electrons. The molecular weight excluding hydrogens is 240 g/mol. The highest BCUT2D eigenvalue weighted by molar-refractivity contribution is 5.38. The summed E-state index contributed by atoms with van der Waals surface area (Å²) in [5.74, 6) is 0.730. The Morgan fingerprint density at radius 3 is 2.63 bits per heavy atom. The van der Waals surface area contributed by atoms with Gasteiger partial charge in [0.05, 0.1) is 17.5 Å². The van der Waals surface area contributed by atoms with Crippen LogP contribution in [0.4, 0.5) is 0 Å². The average Bonchev–Trinajstić information content (AvgIpc) is 2.65. The summed E-state index contributed by atoms with van der Waals surface area (Å²) >= 11 is 0. The fourth-order valence-corrected chi connectivity index (χ4v) is 2.06. The summed E-state index contributed by atoms with van der Waals surface area (Å²) in [6.07, 6.45) is -0.538. The predicted molar refractivity (Wildman–Crippen MR) is 74.1 cm³/mol. The summed E-state index contributed by atoms with van der Waals surface area (Å²) in [6.45, 7) is 6.15. The van der Waals surface area contributed by atoms with E-state index in [4.69, 9.17) is 4.74 Å². The van der Waals surface area contributed by atoms with E-state index in [0.717, 1.165) is 28.3 Å². The molecule has 0 saturated heterocycles. The van der Waals surface area contributed by atoms with Gasteiger partial charge in [0, 0.05) is 12.6 Å². The first kappa shape index (κ1) is 13.6. The van der Waals surface area contributed by atoms with Gasteiger partial charge in [-0.25, -0.2) is 0 Å². The van der Waals surface area contributed by atoms with Crippen LogP contribution >= 0.6 is 0 Å². The van der Waals surface area contributed by atoms with Crippen molar-refractivity contribution in [1.82, 2.24) is 9.78 Å². The molecule has 1 aromatic heterocycles. The minimum Gasteiger partial charge on any atom is -0.487 e. The fourth-order valence-electron chi connectivity index (χ4n) is 2.06. The zero-order chi connectivity index (χ0) is 14.0. The van der Waals surface area contributed by atoms with Crippen LogP contribution in [-0.4, -0.2) is 14.9 Å². The lowest BCUT2D eigenvalue weighted by atomic mass is 10.1. The SMILES string of the molecule is Cc1ccc([C@H](C)O)c(OCc2cc(C)nn2C)c1. The van der Waals surface area contributed by atoms with Gasteiger partial charge in [0.1, 0.15) is 12.4 Å². The maximum atomic E-state index is 9.75. The van der Waals surface area contributed by atoms with E-state index < -0.39 is 6.10 Å². The lowest BCUT2D eigenvalue weighted by Crippen LogP contribution is -2.05. The summed E-state index contributed by atoms with van der Waals surface area (Å²) in [5.41, 5.74) is 3.90. The van der Waals surface area contributed by atoms with Crippen LogP contribution in [0.5, 0.6) is 5.75 Å². The van der Waals surface area contributed by atoms with Gasteiger partial charge in [0.25, 0.3) is 0 Å². The van der Waals surface area contributed by atoms with Crippen molar-refractivity contribution in [1.29, 1.82) is 0 Å². The third kappa shape index (κ3) is 3.15. The van der Waals surface area contributed by atoms with Crippen molar-refractivity contribution in [3.63, 3.8) is 0 Å². The van der Waals surface area contributed by atoms with E-state index in [1.165, 1.54) is 0 Å². The molecule has 2 aromatic rings. The van der Waals surface area contributed by atoms with Gasteiger partial charge >= 0.3 is 0 Å². The molecule has 0 aliphatic carbocycles. The number of aryl methyl sites for hydroxylation is 3. The molecule has 0 aliphatic heterocycles. The molecule has 0 bridgehead atoms. The first-order chi connectivity index (χ1) is 8.97. The topological polar surface area (TPSA) is 47.3 Å². The maximum Gasteiger partial charge on any atom is 0.130 e. The minimum absolute atomic E-state index is 0.445. The van der Waals surface area contributed by atoms with Crippen molar-refractivity contribution in [3.8, 4) is 5.75 Å². The van der Waals surface area contributed by atoms with Gasteiger partial charge in [-0.05, 0) is 38.5 Å². The number of aromatic nitrogens is 2. The monoisotopic (exact) mass is 260 g/mol. The van der Waals surface area contributed by atoms with Crippen LogP contribution in [0.2, 0.25) is 0 Å². The van der Waals surface area contributed by atoms with Crippen LogP contribution < -0.4 is 4.74 Å². The number of nitrogens with zero attached hydrogens (tertiary/aromatic N) is 2. The quantitative estimate of drug-likeness (QED) is 0.919. The molecule has 4 heteroatoms. The standard InChI is InChI=1S/C15H20N2O2/c1-10-5-6-14(12(3)18)15(7-10)19-9-13-8-11(2)16-17(13)4/h5-8,12,18H,9H2,1-4H3/t12-/m0/s1. The van der Waals surface area contributed by atoms with Crippen LogP contribution in [0.3, 0.4) is 0 Å². The van der Waals surface area contributed by atoms with Gasteiger partial charge < -0.3 is 9.84 Å². The number of aliphatic hydroxyl groups excluding tert-OH is 1. The van der Waals surface area contributed by atoms with Gasteiger partial charge in [-0.15, -0.1) is 0 Å². The zero-order valence-corrected chi connectivity index (χ0v) is 11.8. The Hall–Kier alpha value is -1.81. The van der Waals surface area contributed by atoms with Crippen LogP contribution in [0, 0.1) is 13.8 Å². The van der Waals surface area contributed by atoms with E-state index in [1.54, 1.807) is 6.92 Å². The third-order valence-electron chi connectivity index (χ3n) is 3.09. The van der Waals surface area contributed by atoms with Crippen molar-refractivity contribution in [3.05, 3.63) is 46.8 Å². The van der Waals surface area contributed by atoms with Gasteiger partial charge in [0.2, 0.25) is 0 Å². The molecule has 0 radical (unpaired) electrons. The van der Waals surface area contributed by atoms with Crippen LogP contribution in [-0.2, 0) is 13.7 Å². The normalized spacial score (nSPS) is 12.5. The van der Waals surface area contributed by atoms with Crippen molar-refractivity contribution in [2.75, 3.05) is 0 Å². The second-order valence-electron chi connectivity index (χ2n) is 4.91. The Labute approximate surface area is 113 Å². The average molecular weight is 260 g/mol. The second kappa shape index (κ2) is 5.45. The van der Waals surface area contributed by atoms with E-state index in [0.29, 0.717) is 6.61 Å². The highest BCUT2D eigenvalue weighted by atomic mass is 16.5. The van der Waals surface area contributed by atoms with Gasteiger partial charge in [-0.3, -0.25) is 4.68 Å². The lowest BCUT2D eigenvalue weighted by molar-refractivity contribution is 0.189. The molecule has 4 nitrogen and oxygen atoms in total. The summed E-state index contributed by atoms with van der Waals surface area (Å²) < 4.78 is 7.65. The highest BCUT2D eigenvalue weighted by Crippen LogP contribution is 2.27. The first-order valence-electron chi connectivity index (χ1n) is 6.38. The number of rotatable bonds is 4. The molecular formula is C15H20N2O2. The molecule has 0 spiro atoms. The number of hydrogen-bond donors (Lipinski definition) is 1. The summed E-state index contributed by atoms with van der Waals surface area (Å²) in [7, 11) is 1.90. The number of benzene rings is 1. The molecule has 1 atom stereocenters. The van der Waals surface area contributed by atoms with Crippen LogP contribution in [0.15, 0.2) is 24.3 Å². The summed E-state index contributed by atoms with van der Waals surface area (Å²) in [5, 5.41) is 14.0. The molecule has 0 saturated carbocycles. The van der Waals surface area contributed by atoms with E-state index in [9.17, 15) is 5.11 Å². The Kier molecular flexibility index (Phi) is 3.90. The number of aliphatic hydroxyl groups is 1. The van der Waals surface area contributed by atoms with Gasteiger partial charge in [0.15, 0.2) is 0 Å². The second-order valence-corrected chi connectivity index (χ2v) is 4.91. The molecule has 0 fully saturated rings. The predicted octanol–water partition coefficient (Wildman–Crippen LogP) is 2.67. The van der Waals surface area contributed by atoms with Gasteiger partial charge in [-0.2, -0.15) is 5.10 Å². The molecule has 2 rings (SSSR count).